The molecular weight excluding hydrogens is 114 g/mol. The van der Waals surface area contributed by atoms with Gasteiger partial charge in [-0.15, -0.1) is 6.42 Å². The number of rotatable bonds is 0. The summed E-state index contributed by atoms with van der Waals surface area (Å²) < 4.78 is 5.29. The van der Waals surface area contributed by atoms with Gasteiger partial charge in [0.2, 0.25) is 0 Å². The molecule has 1 saturated heterocycles. The summed E-state index contributed by atoms with van der Waals surface area (Å²) >= 11 is 0. The number of hydrogen-bond donors (Lipinski definition) is 1. The van der Waals surface area contributed by atoms with E-state index >= 15 is 0 Å². The Morgan fingerprint density at radius 3 is 2.67 bits per heavy atom. The van der Waals surface area contributed by atoms with Crippen molar-refractivity contribution in [2.24, 2.45) is 0 Å². The van der Waals surface area contributed by atoms with E-state index in [0.29, 0.717) is 6.61 Å². The SMILES string of the molecule is C#C[C@H]1COC(C)(C)N1. The minimum absolute atomic E-state index is 0.0972. The molecule has 0 aromatic heterocycles. The zero-order valence-electron chi connectivity index (χ0n) is 5.77. The van der Waals surface area contributed by atoms with Crippen molar-refractivity contribution in [1.29, 1.82) is 0 Å². The summed E-state index contributed by atoms with van der Waals surface area (Å²) in [6.07, 6.45) is 5.16. The second-order valence-corrected chi connectivity index (χ2v) is 2.68. The lowest BCUT2D eigenvalue weighted by Crippen LogP contribution is -2.37. The van der Waals surface area contributed by atoms with Crippen molar-refractivity contribution in [2.75, 3.05) is 6.61 Å². The zero-order chi connectivity index (χ0) is 6.91. The molecule has 1 heterocycles. The van der Waals surface area contributed by atoms with Crippen LogP contribution in [0, 0.1) is 12.3 Å². The highest BCUT2D eigenvalue weighted by Gasteiger charge is 2.28. The number of nitrogens with one attached hydrogen (secondary N) is 1. The molecular formula is C7H11NO. The molecule has 1 fully saturated rings. The van der Waals surface area contributed by atoms with Crippen molar-refractivity contribution in [3.8, 4) is 12.3 Å². The molecule has 1 aliphatic heterocycles. The third kappa shape index (κ3) is 1.44. The molecule has 50 valence electrons. The Bertz CT molecular complexity index is 145. The van der Waals surface area contributed by atoms with Crippen LogP contribution >= 0.6 is 0 Å². The van der Waals surface area contributed by atoms with Crippen LogP contribution in [-0.2, 0) is 4.74 Å². The molecule has 0 aliphatic carbocycles. The van der Waals surface area contributed by atoms with Crippen LogP contribution in [0.2, 0.25) is 0 Å². The van der Waals surface area contributed by atoms with Crippen LogP contribution in [-0.4, -0.2) is 18.4 Å². The lowest BCUT2D eigenvalue weighted by atomic mass is 10.3. The molecule has 9 heavy (non-hydrogen) atoms. The van der Waals surface area contributed by atoms with Gasteiger partial charge in [-0.25, -0.2) is 0 Å². The average molecular weight is 125 g/mol. The molecule has 0 spiro atoms. The molecule has 2 heteroatoms. The van der Waals surface area contributed by atoms with E-state index in [-0.39, 0.29) is 11.8 Å². The van der Waals surface area contributed by atoms with Crippen LogP contribution in [0.1, 0.15) is 13.8 Å². The smallest absolute Gasteiger partial charge is 0.114 e. The predicted octanol–water partition coefficient (Wildman–Crippen LogP) is 0.344. The van der Waals surface area contributed by atoms with Crippen molar-refractivity contribution < 1.29 is 4.74 Å². The van der Waals surface area contributed by atoms with E-state index in [4.69, 9.17) is 11.2 Å². The van der Waals surface area contributed by atoms with Crippen molar-refractivity contribution in [1.82, 2.24) is 5.32 Å². The van der Waals surface area contributed by atoms with E-state index in [1.807, 2.05) is 13.8 Å². The minimum Gasteiger partial charge on any atom is -0.359 e. The molecule has 0 saturated carbocycles. The monoisotopic (exact) mass is 125 g/mol. The van der Waals surface area contributed by atoms with Crippen LogP contribution < -0.4 is 5.32 Å². The lowest BCUT2D eigenvalue weighted by molar-refractivity contribution is 0.0232. The van der Waals surface area contributed by atoms with Gasteiger partial charge in [-0.05, 0) is 13.8 Å². The van der Waals surface area contributed by atoms with Crippen LogP contribution in [0.15, 0.2) is 0 Å². The fourth-order valence-corrected chi connectivity index (χ4v) is 0.884. The number of hydrogen-bond acceptors (Lipinski definition) is 2. The van der Waals surface area contributed by atoms with Crippen molar-refractivity contribution >= 4 is 0 Å². The molecule has 1 aliphatic rings. The summed E-state index contributed by atoms with van der Waals surface area (Å²) in [5.74, 6) is 2.58. The highest BCUT2D eigenvalue weighted by atomic mass is 16.5. The highest BCUT2D eigenvalue weighted by molar-refractivity contribution is 5.03. The standard InChI is InChI=1S/C7H11NO/c1-4-6-5-9-7(2,3)8-6/h1,6,8H,5H2,2-3H3/t6-/m0/s1. The first kappa shape index (κ1) is 6.60. The second-order valence-electron chi connectivity index (χ2n) is 2.68. The first-order chi connectivity index (χ1) is 4.14. The Morgan fingerprint density at radius 1 is 1.78 bits per heavy atom. The molecule has 1 rings (SSSR count). The normalized spacial score (nSPS) is 31.9. The summed E-state index contributed by atoms with van der Waals surface area (Å²) in [6.45, 7) is 4.55. The molecule has 0 amide bonds. The molecule has 2 nitrogen and oxygen atoms in total. The van der Waals surface area contributed by atoms with Crippen molar-refractivity contribution in [3.05, 3.63) is 0 Å². The van der Waals surface area contributed by atoms with E-state index in [1.165, 1.54) is 0 Å². The van der Waals surface area contributed by atoms with E-state index < -0.39 is 0 Å². The Morgan fingerprint density at radius 2 is 2.44 bits per heavy atom. The Hall–Kier alpha value is -0.520. The van der Waals surface area contributed by atoms with Crippen molar-refractivity contribution in [3.63, 3.8) is 0 Å². The van der Waals surface area contributed by atoms with Gasteiger partial charge in [0.25, 0.3) is 0 Å². The van der Waals surface area contributed by atoms with Gasteiger partial charge < -0.3 is 4.74 Å². The molecule has 1 N–H and O–H groups in total. The van der Waals surface area contributed by atoms with E-state index in [0.717, 1.165) is 0 Å². The maximum Gasteiger partial charge on any atom is 0.114 e. The summed E-state index contributed by atoms with van der Waals surface area (Å²) in [5.41, 5.74) is -0.225. The van der Waals surface area contributed by atoms with Crippen molar-refractivity contribution in [2.45, 2.75) is 25.6 Å². The molecule has 1 atom stereocenters. The van der Waals surface area contributed by atoms with Crippen LogP contribution in [0.3, 0.4) is 0 Å². The van der Waals surface area contributed by atoms with E-state index in [2.05, 4.69) is 11.2 Å². The summed E-state index contributed by atoms with van der Waals surface area (Å²) in [7, 11) is 0. The van der Waals surface area contributed by atoms with Crippen LogP contribution in [0.5, 0.6) is 0 Å². The average Bonchev–Trinajstić information content (AvgIpc) is 2.10. The maximum atomic E-state index is 5.29. The van der Waals surface area contributed by atoms with E-state index in [1.54, 1.807) is 0 Å². The highest BCUT2D eigenvalue weighted by Crippen LogP contribution is 2.12. The summed E-state index contributed by atoms with van der Waals surface area (Å²) in [4.78, 5) is 0. The molecule has 0 aromatic carbocycles. The van der Waals surface area contributed by atoms with Crippen LogP contribution in [0.25, 0.3) is 0 Å². The maximum absolute atomic E-state index is 5.29. The first-order valence-electron chi connectivity index (χ1n) is 3.02. The molecule has 0 aromatic rings. The fourth-order valence-electron chi connectivity index (χ4n) is 0.884. The number of ether oxygens (including phenoxy) is 1. The second kappa shape index (κ2) is 2.02. The fraction of sp³-hybridized carbons (Fsp3) is 0.714. The van der Waals surface area contributed by atoms with Gasteiger partial charge in [-0.2, -0.15) is 0 Å². The van der Waals surface area contributed by atoms with Crippen LogP contribution in [0.4, 0.5) is 0 Å². The predicted molar refractivity (Wildman–Crippen MR) is 35.8 cm³/mol. The third-order valence-electron chi connectivity index (χ3n) is 1.33. The Balaban J connectivity index is 2.50. The molecule has 0 radical (unpaired) electrons. The topological polar surface area (TPSA) is 21.3 Å². The van der Waals surface area contributed by atoms with Gasteiger partial charge in [0, 0.05) is 0 Å². The number of terminal acetylenes is 1. The Labute approximate surface area is 55.6 Å². The van der Waals surface area contributed by atoms with Gasteiger partial charge >= 0.3 is 0 Å². The third-order valence-corrected chi connectivity index (χ3v) is 1.33. The lowest BCUT2D eigenvalue weighted by Gasteiger charge is -2.16. The zero-order valence-corrected chi connectivity index (χ0v) is 5.77. The molecule has 0 unspecified atom stereocenters. The Kier molecular flexibility index (Phi) is 1.48. The molecule has 0 bridgehead atoms. The van der Waals surface area contributed by atoms with Gasteiger partial charge in [-0.3, -0.25) is 5.32 Å². The van der Waals surface area contributed by atoms with E-state index in [9.17, 15) is 0 Å². The summed E-state index contributed by atoms with van der Waals surface area (Å²) in [6, 6.07) is 0.0972. The largest absolute Gasteiger partial charge is 0.359 e. The minimum atomic E-state index is -0.225. The van der Waals surface area contributed by atoms with Gasteiger partial charge in [0.1, 0.15) is 5.72 Å². The summed E-state index contributed by atoms with van der Waals surface area (Å²) in [5, 5.41) is 3.12. The quantitative estimate of drug-likeness (QED) is 0.471. The van der Waals surface area contributed by atoms with Gasteiger partial charge in [-0.1, -0.05) is 5.92 Å². The van der Waals surface area contributed by atoms with Gasteiger partial charge in [0.15, 0.2) is 0 Å². The van der Waals surface area contributed by atoms with Gasteiger partial charge in [0.05, 0.1) is 12.6 Å². The first-order valence-corrected chi connectivity index (χ1v) is 3.02.